The molecule has 1 aromatic heterocycles. The van der Waals surface area contributed by atoms with Crippen LogP contribution >= 0.6 is 11.7 Å². The molecule has 0 bridgehead atoms. The molecule has 0 unspecified atom stereocenters. The highest BCUT2D eigenvalue weighted by molar-refractivity contribution is 7.89. The molecule has 0 saturated heterocycles. The molecule has 4 rings (SSSR count). The number of benzene rings is 2. The molecule has 1 amide bonds. The number of para-hydroxylation sites is 1. The highest BCUT2D eigenvalue weighted by Crippen LogP contribution is 2.27. The predicted molar refractivity (Wildman–Crippen MR) is 115 cm³/mol. The van der Waals surface area contributed by atoms with Crippen molar-refractivity contribution < 1.29 is 22.7 Å². The Kier molecular flexibility index (Phi) is 6.25. The van der Waals surface area contributed by atoms with E-state index in [0.717, 1.165) is 29.4 Å². The van der Waals surface area contributed by atoms with Gasteiger partial charge < -0.3 is 9.64 Å². The lowest BCUT2D eigenvalue weighted by atomic mass is 10.2. The number of nitrogens with one attached hydrogen (secondary N) is 1. The number of ether oxygens (including phenoxy) is 1. The molecule has 0 spiro atoms. The van der Waals surface area contributed by atoms with Crippen molar-refractivity contribution in [3.8, 4) is 0 Å². The molecule has 3 aromatic rings. The number of nitrogens with zero attached hydrogens (tertiary/aromatic N) is 3. The summed E-state index contributed by atoms with van der Waals surface area (Å²) in [6.07, 6.45) is 1.01. The minimum atomic E-state index is -3.78. The maximum atomic E-state index is 12.5. The number of carbonyl (C=O) groups is 2. The van der Waals surface area contributed by atoms with Crippen LogP contribution in [0.1, 0.15) is 18.4 Å². The zero-order valence-electron chi connectivity index (χ0n) is 16.5. The quantitative estimate of drug-likeness (QED) is 0.403. The van der Waals surface area contributed by atoms with Gasteiger partial charge in [-0.15, -0.1) is 0 Å². The summed E-state index contributed by atoms with van der Waals surface area (Å²) in [6, 6.07) is 12.4. The molecular weight excluding hydrogens is 440 g/mol. The van der Waals surface area contributed by atoms with Gasteiger partial charge in [-0.05, 0) is 36.6 Å². The normalized spacial score (nSPS) is 13.4. The molecule has 0 atom stereocenters. The Morgan fingerprint density at radius 3 is 2.84 bits per heavy atom. The molecule has 2 heterocycles. The second-order valence-electron chi connectivity index (χ2n) is 6.97. The van der Waals surface area contributed by atoms with Crippen LogP contribution in [-0.2, 0) is 30.8 Å². The van der Waals surface area contributed by atoms with Crippen molar-refractivity contribution >= 4 is 50.3 Å². The van der Waals surface area contributed by atoms with E-state index in [4.69, 9.17) is 4.74 Å². The van der Waals surface area contributed by atoms with Crippen molar-refractivity contribution in [2.24, 2.45) is 0 Å². The standard InChI is InChI=1S/C20H20N4O5S2/c25-18(24-12-10-14-5-1-2-7-16(14)24)13-29-19(26)9-4-11-21-31(27,28)17-8-3-6-15-20(17)23-30-22-15/h1-3,5-8,21H,4,9-13H2. The summed E-state index contributed by atoms with van der Waals surface area (Å²) in [5.74, 6) is -0.824. The zero-order valence-corrected chi connectivity index (χ0v) is 18.1. The average molecular weight is 461 g/mol. The van der Waals surface area contributed by atoms with Gasteiger partial charge in [-0.25, -0.2) is 13.1 Å². The number of rotatable bonds is 8. The summed E-state index contributed by atoms with van der Waals surface area (Å²) in [7, 11) is -3.78. The van der Waals surface area contributed by atoms with E-state index in [0.29, 0.717) is 17.6 Å². The molecule has 1 N–H and O–H groups in total. The Hall–Kier alpha value is -2.89. The first-order valence-electron chi connectivity index (χ1n) is 9.70. The van der Waals surface area contributed by atoms with Crippen molar-refractivity contribution in [1.29, 1.82) is 0 Å². The third kappa shape index (κ3) is 4.73. The van der Waals surface area contributed by atoms with Crippen LogP contribution in [0.15, 0.2) is 47.4 Å². The number of sulfonamides is 1. The van der Waals surface area contributed by atoms with Gasteiger partial charge in [-0.3, -0.25) is 9.59 Å². The number of hydrogen-bond acceptors (Lipinski definition) is 8. The molecule has 0 fully saturated rings. The van der Waals surface area contributed by atoms with Crippen molar-refractivity contribution in [3.05, 3.63) is 48.0 Å². The first-order valence-corrected chi connectivity index (χ1v) is 11.9. The van der Waals surface area contributed by atoms with Crippen LogP contribution in [0.3, 0.4) is 0 Å². The van der Waals surface area contributed by atoms with E-state index in [1.165, 1.54) is 6.07 Å². The number of aromatic nitrogens is 2. The summed E-state index contributed by atoms with van der Waals surface area (Å²) in [6.45, 7) is 0.287. The summed E-state index contributed by atoms with van der Waals surface area (Å²) < 4.78 is 40.6. The van der Waals surface area contributed by atoms with E-state index in [9.17, 15) is 18.0 Å². The minimum absolute atomic E-state index is 0.00512. The van der Waals surface area contributed by atoms with Crippen LogP contribution < -0.4 is 9.62 Å². The molecule has 31 heavy (non-hydrogen) atoms. The highest BCUT2D eigenvalue weighted by atomic mass is 32.2. The number of anilines is 1. The minimum Gasteiger partial charge on any atom is -0.456 e. The fourth-order valence-corrected chi connectivity index (χ4v) is 5.24. The van der Waals surface area contributed by atoms with Crippen LogP contribution in [0.4, 0.5) is 5.69 Å². The van der Waals surface area contributed by atoms with Crippen LogP contribution in [0.2, 0.25) is 0 Å². The fraction of sp³-hybridized carbons (Fsp3) is 0.300. The van der Waals surface area contributed by atoms with E-state index in [1.54, 1.807) is 17.0 Å². The van der Waals surface area contributed by atoms with Crippen LogP contribution in [0.25, 0.3) is 11.0 Å². The van der Waals surface area contributed by atoms with E-state index >= 15 is 0 Å². The number of hydrogen-bond donors (Lipinski definition) is 1. The lowest BCUT2D eigenvalue weighted by Gasteiger charge is -2.17. The first kappa shape index (κ1) is 21.3. The Bertz CT molecular complexity index is 1230. The zero-order chi connectivity index (χ0) is 21.8. The third-order valence-electron chi connectivity index (χ3n) is 4.93. The number of carbonyl (C=O) groups excluding carboxylic acids is 2. The third-order valence-corrected chi connectivity index (χ3v) is 6.97. The second-order valence-corrected chi connectivity index (χ2v) is 9.24. The molecule has 0 saturated carbocycles. The molecule has 2 aromatic carbocycles. The van der Waals surface area contributed by atoms with Gasteiger partial charge in [0.15, 0.2) is 6.61 Å². The monoisotopic (exact) mass is 460 g/mol. The number of amides is 1. The maximum absolute atomic E-state index is 12.5. The van der Waals surface area contributed by atoms with Crippen LogP contribution in [-0.4, -0.2) is 48.7 Å². The lowest BCUT2D eigenvalue weighted by Crippen LogP contribution is -2.33. The fourth-order valence-electron chi connectivity index (χ4n) is 3.40. The Labute approximate surface area is 183 Å². The number of esters is 1. The molecule has 9 nitrogen and oxygen atoms in total. The molecule has 0 aliphatic carbocycles. The number of fused-ring (bicyclic) bond motifs is 2. The van der Waals surface area contributed by atoms with Crippen molar-refractivity contribution in [3.63, 3.8) is 0 Å². The highest BCUT2D eigenvalue weighted by Gasteiger charge is 2.25. The van der Waals surface area contributed by atoms with Crippen LogP contribution in [0, 0.1) is 0 Å². The van der Waals surface area contributed by atoms with Crippen molar-refractivity contribution in [2.45, 2.75) is 24.2 Å². The van der Waals surface area contributed by atoms with Crippen LogP contribution in [0.5, 0.6) is 0 Å². The van der Waals surface area contributed by atoms with Crippen molar-refractivity contribution in [2.75, 3.05) is 24.6 Å². The topological polar surface area (TPSA) is 119 Å². The SMILES string of the molecule is O=C(CCCNS(=O)(=O)c1cccc2nsnc12)OCC(=O)N1CCc2ccccc21. The van der Waals surface area contributed by atoms with E-state index in [2.05, 4.69) is 13.5 Å². The lowest BCUT2D eigenvalue weighted by molar-refractivity contribution is -0.147. The Morgan fingerprint density at radius 2 is 1.97 bits per heavy atom. The largest absolute Gasteiger partial charge is 0.456 e. The molecule has 1 aliphatic rings. The second kappa shape index (κ2) is 9.08. The van der Waals surface area contributed by atoms with Crippen molar-refractivity contribution in [1.82, 2.24) is 13.5 Å². The van der Waals surface area contributed by atoms with Gasteiger partial charge in [0.25, 0.3) is 5.91 Å². The Morgan fingerprint density at radius 1 is 1.13 bits per heavy atom. The van der Waals surface area contributed by atoms with E-state index < -0.39 is 16.0 Å². The summed E-state index contributed by atoms with van der Waals surface area (Å²) in [5, 5.41) is 0. The van der Waals surface area contributed by atoms with E-state index in [-0.39, 0.29) is 36.8 Å². The van der Waals surface area contributed by atoms with Gasteiger partial charge in [0.05, 0.1) is 11.7 Å². The van der Waals surface area contributed by atoms with Gasteiger partial charge in [-0.2, -0.15) is 8.75 Å². The molecule has 162 valence electrons. The molecule has 11 heteroatoms. The maximum Gasteiger partial charge on any atom is 0.306 e. The predicted octanol–water partition coefficient (Wildman–Crippen LogP) is 1.88. The molecule has 1 aliphatic heterocycles. The average Bonchev–Trinajstić information content (AvgIpc) is 3.41. The van der Waals surface area contributed by atoms with Gasteiger partial charge in [0.2, 0.25) is 10.0 Å². The Balaban J connectivity index is 1.22. The van der Waals surface area contributed by atoms with Gasteiger partial charge in [-0.1, -0.05) is 24.3 Å². The van der Waals surface area contributed by atoms with Gasteiger partial charge in [0.1, 0.15) is 15.9 Å². The van der Waals surface area contributed by atoms with E-state index in [1.807, 2.05) is 24.3 Å². The smallest absolute Gasteiger partial charge is 0.306 e. The summed E-state index contributed by atoms with van der Waals surface area (Å²) in [5.41, 5.74) is 2.78. The first-order chi connectivity index (χ1) is 15.0. The molecular formula is C20H20N4O5S2. The summed E-state index contributed by atoms with van der Waals surface area (Å²) in [4.78, 5) is 26.0. The molecule has 0 radical (unpaired) electrons. The van der Waals surface area contributed by atoms with Gasteiger partial charge in [0, 0.05) is 25.2 Å². The summed E-state index contributed by atoms with van der Waals surface area (Å²) >= 11 is 0.944. The van der Waals surface area contributed by atoms with Gasteiger partial charge >= 0.3 is 5.97 Å².